The minimum atomic E-state index is 0.817. The van der Waals surface area contributed by atoms with Crippen molar-refractivity contribution in [1.29, 1.82) is 0 Å². The van der Waals surface area contributed by atoms with E-state index in [0.717, 1.165) is 24.3 Å². The second kappa shape index (κ2) is 5.23. The van der Waals surface area contributed by atoms with E-state index in [4.69, 9.17) is 5.73 Å². The van der Waals surface area contributed by atoms with Gasteiger partial charge in [-0.15, -0.1) is 11.3 Å². The molecule has 0 aliphatic heterocycles. The van der Waals surface area contributed by atoms with Gasteiger partial charge in [-0.3, -0.25) is 0 Å². The number of rotatable bonds is 4. The largest absolute Gasteiger partial charge is 0.399 e. The summed E-state index contributed by atoms with van der Waals surface area (Å²) in [6.07, 6.45) is 1.12. The molecule has 0 bridgehead atoms. The molecule has 0 atom stereocenters. The molecule has 3 N–H and O–H groups in total. The summed E-state index contributed by atoms with van der Waals surface area (Å²) in [4.78, 5) is 2.81. The van der Waals surface area contributed by atoms with Gasteiger partial charge >= 0.3 is 0 Å². The van der Waals surface area contributed by atoms with Crippen molar-refractivity contribution in [3.05, 3.63) is 45.6 Å². The third kappa shape index (κ3) is 3.01. The Morgan fingerprint density at radius 1 is 1.18 bits per heavy atom. The predicted octanol–water partition coefficient (Wildman–Crippen LogP) is 3.81. The summed E-state index contributed by atoms with van der Waals surface area (Å²) in [7, 11) is 0. The fraction of sp³-hybridized carbons (Fsp3) is 0.286. The number of nitrogens with one attached hydrogen (secondary N) is 1. The topological polar surface area (TPSA) is 38.0 Å². The van der Waals surface area contributed by atoms with Gasteiger partial charge in [0.05, 0.1) is 0 Å². The molecule has 90 valence electrons. The molecule has 3 heteroatoms. The molecule has 0 aliphatic carbocycles. The summed E-state index contributed by atoms with van der Waals surface area (Å²) in [5.41, 5.74) is 8.90. The van der Waals surface area contributed by atoms with Gasteiger partial charge < -0.3 is 11.1 Å². The van der Waals surface area contributed by atoms with E-state index in [1.165, 1.54) is 15.3 Å². The molecule has 0 saturated carbocycles. The molecule has 0 amide bonds. The average Bonchev–Trinajstić information content (AvgIpc) is 2.76. The molecule has 2 rings (SSSR count). The molecule has 1 aromatic heterocycles. The van der Waals surface area contributed by atoms with Crippen LogP contribution in [0, 0.1) is 6.92 Å². The van der Waals surface area contributed by atoms with Gasteiger partial charge in [0.2, 0.25) is 0 Å². The number of hydrogen-bond donors (Lipinski definition) is 2. The van der Waals surface area contributed by atoms with Gasteiger partial charge in [0, 0.05) is 27.7 Å². The molecule has 0 radical (unpaired) electrons. The number of hydrogen-bond acceptors (Lipinski definition) is 3. The van der Waals surface area contributed by atoms with E-state index in [9.17, 15) is 0 Å². The lowest BCUT2D eigenvalue weighted by Gasteiger charge is -2.08. The Balaban J connectivity index is 2.02. The molecule has 2 nitrogen and oxygen atoms in total. The Kier molecular flexibility index (Phi) is 3.69. The molecule has 0 saturated heterocycles. The van der Waals surface area contributed by atoms with Gasteiger partial charge in [-0.05, 0) is 49.2 Å². The maximum atomic E-state index is 5.73. The first kappa shape index (κ1) is 12.0. The Morgan fingerprint density at radius 3 is 2.59 bits per heavy atom. The maximum Gasteiger partial charge on any atom is 0.0494 e. The molecule has 1 aromatic carbocycles. The number of nitrogens with two attached hydrogens (primary N) is 1. The third-order valence-electron chi connectivity index (χ3n) is 2.77. The van der Waals surface area contributed by atoms with Crippen molar-refractivity contribution in [3.8, 4) is 0 Å². The first-order chi connectivity index (χ1) is 8.19. The van der Waals surface area contributed by atoms with Gasteiger partial charge in [-0.25, -0.2) is 0 Å². The van der Waals surface area contributed by atoms with Crippen molar-refractivity contribution < 1.29 is 0 Å². The van der Waals surface area contributed by atoms with Crippen LogP contribution in [-0.2, 0) is 13.0 Å². The van der Waals surface area contributed by atoms with Crippen molar-refractivity contribution in [3.63, 3.8) is 0 Å². The normalized spacial score (nSPS) is 10.5. The molecule has 0 aliphatic rings. The van der Waals surface area contributed by atoms with Crippen LogP contribution in [0.3, 0.4) is 0 Å². The lowest BCUT2D eigenvalue weighted by atomic mass is 10.2. The minimum absolute atomic E-state index is 0.817. The summed E-state index contributed by atoms with van der Waals surface area (Å²) in [5, 5.41) is 3.45. The molecule has 0 unspecified atom stereocenters. The van der Waals surface area contributed by atoms with Crippen molar-refractivity contribution in [2.45, 2.75) is 26.8 Å². The Morgan fingerprint density at radius 2 is 1.94 bits per heavy atom. The number of benzene rings is 1. The van der Waals surface area contributed by atoms with E-state index in [2.05, 4.69) is 31.3 Å². The summed E-state index contributed by atoms with van der Waals surface area (Å²) < 4.78 is 0. The SMILES string of the molecule is CCc1ccc(CNc2ccc(N)cc2C)s1. The zero-order chi connectivity index (χ0) is 12.3. The predicted molar refractivity (Wildman–Crippen MR) is 76.6 cm³/mol. The smallest absolute Gasteiger partial charge is 0.0494 e. The Bertz CT molecular complexity index is 503. The third-order valence-corrected chi connectivity index (χ3v) is 4.00. The molecule has 2 aromatic rings. The zero-order valence-corrected chi connectivity index (χ0v) is 11.1. The zero-order valence-electron chi connectivity index (χ0n) is 10.3. The highest BCUT2D eigenvalue weighted by Crippen LogP contribution is 2.21. The molecule has 0 spiro atoms. The van der Waals surface area contributed by atoms with E-state index >= 15 is 0 Å². The van der Waals surface area contributed by atoms with Gasteiger partial charge in [0.25, 0.3) is 0 Å². The van der Waals surface area contributed by atoms with E-state index in [-0.39, 0.29) is 0 Å². The fourth-order valence-corrected chi connectivity index (χ4v) is 2.67. The van der Waals surface area contributed by atoms with E-state index in [0.29, 0.717) is 0 Å². The van der Waals surface area contributed by atoms with Crippen molar-refractivity contribution in [1.82, 2.24) is 0 Å². The fourth-order valence-electron chi connectivity index (χ4n) is 1.77. The van der Waals surface area contributed by atoms with Crippen LogP contribution in [0.25, 0.3) is 0 Å². The highest BCUT2D eigenvalue weighted by atomic mass is 32.1. The Labute approximate surface area is 106 Å². The van der Waals surface area contributed by atoms with Crippen LogP contribution in [0.4, 0.5) is 11.4 Å². The maximum absolute atomic E-state index is 5.73. The molecule has 0 fully saturated rings. The Hall–Kier alpha value is -1.48. The van der Waals surface area contributed by atoms with Crippen molar-refractivity contribution >= 4 is 22.7 Å². The van der Waals surface area contributed by atoms with Crippen molar-refractivity contribution in [2.75, 3.05) is 11.1 Å². The summed E-state index contributed by atoms with van der Waals surface area (Å²) in [6, 6.07) is 10.4. The number of aryl methyl sites for hydroxylation is 2. The van der Waals surface area contributed by atoms with Gasteiger partial charge in [0.1, 0.15) is 0 Å². The van der Waals surface area contributed by atoms with Crippen LogP contribution < -0.4 is 11.1 Å². The number of anilines is 2. The molecule has 1 heterocycles. The summed E-state index contributed by atoms with van der Waals surface area (Å²) in [5.74, 6) is 0. The standard InChI is InChI=1S/C14H18N2S/c1-3-12-5-6-13(17-12)9-16-14-7-4-11(15)8-10(14)2/h4-8,16H,3,9,15H2,1-2H3. The second-order valence-corrected chi connectivity index (χ2v) is 5.40. The highest BCUT2D eigenvalue weighted by Gasteiger charge is 2.01. The van der Waals surface area contributed by atoms with Crippen LogP contribution in [0.1, 0.15) is 22.2 Å². The molecular formula is C14H18N2S. The second-order valence-electron chi connectivity index (χ2n) is 4.15. The number of thiophene rings is 1. The minimum Gasteiger partial charge on any atom is -0.399 e. The highest BCUT2D eigenvalue weighted by molar-refractivity contribution is 7.12. The quantitative estimate of drug-likeness (QED) is 0.805. The lowest BCUT2D eigenvalue weighted by molar-refractivity contribution is 1.18. The average molecular weight is 246 g/mol. The molecule has 17 heavy (non-hydrogen) atoms. The summed E-state index contributed by atoms with van der Waals surface area (Å²) >= 11 is 1.87. The van der Waals surface area contributed by atoms with Gasteiger partial charge in [0.15, 0.2) is 0 Å². The van der Waals surface area contributed by atoms with E-state index < -0.39 is 0 Å². The number of nitrogen functional groups attached to an aromatic ring is 1. The van der Waals surface area contributed by atoms with Gasteiger partial charge in [-0.1, -0.05) is 6.92 Å². The van der Waals surface area contributed by atoms with Gasteiger partial charge in [-0.2, -0.15) is 0 Å². The molecular weight excluding hydrogens is 228 g/mol. The van der Waals surface area contributed by atoms with Crippen LogP contribution in [0.5, 0.6) is 0 Å². The van der Waals surface area contributed by atoms with E-state index in [1.54, 1.807) is 0 Å². The van der Waals surface area contributed by atoms with Crippen LogP contribution in [-0.4, -0.2) is 0 Å². The summed E-state index contributed by atoms with van der Waals surface area (Å²) in [6.45, 7) is 5.15. The van der Waals surface area contributed by atoms with Crippen LogP contribution >= 0.6 is 11.3 Å². The van der Waals surface area contributed by atoms with Crippen LogP contribution in [0.2, 0.25) is 0 Å². The first-order valence-corrected chi connectivity index (χ1v) is 6.68. The monoisotopic (exact) mass is 246 g/mol. The van der Waals surface area contributed by atoms with Crippen LogP contribution in [0.15, 0.2) is 30.3 Å². The lowest BCUT2D eigenvalue weighted by Crippen LogP contribution is -1.99. The van der Waals surface area contributed by atoms with Crippen molar-refractivity contribution in [2.24, 2.45) is 0 Å². The van der Waals surface area contributed by atoms with E-state index in [1.807, 2.05) is 29.5 Å². The first-order valence-electron chi connectivity index (χ1n) is 5.86.